The van der Waals surface area contributed by atoms with Crippen LogP contribution in [0.1, 0.15) is 6.92 Å². The molecule has 23 heavy (non-hydrogen) atoms. The summed E-state index contributed by atoms with van der Waals surface area (Å²) in [6, 6.07) is 0. The highest BCUT2D eigenvalue weighted by Crippen LogP contribution is 2.35. The van der Waals surface area contributed by atoms with E-state index in [0.29, 0.717) is 11.3 Å². The first-order chi connectivity index (χ1) is 10.4. The fourth-order valence-electron chi connectivity index (χ4n) is 1.14. The molecule has 0 fully saturated rings. The molecule has 0 heterocycles. The Kier molecular flexibility index (Phi) is 8.73. The molecule has 0 aliphatic rings. The molecule has 0 unspecified atom stereocenters. The normalized spacial score (nSPS) is 12.7. The molecule has 0 bridgehead atoms. The van der Waals surface area contributed by atoms with Gasteiger partial charge >= 0.3 is 12.1 Å². The minimum Gasteiger partial charge on any atom is -0.379 e. The van der Waals surface area contributed by atoms with Gasteiger partial charge in [-0.2, -0.15) is 22.0 Å². The second kappa shape index (κ2) is 9.20. The largest absolute Gasteiger partial charge is 0.455 e. The third-order valence-corrected chi connectivity index (χ3v) is 3.15. The van der Waals surface area contributed by atoms with Crippen LogP contribution in [0.5, 0.6) is 0 Å². The maximum atomic E-state index is 12.7. The lowest BCUT2D eigenvalue weighted by molar-refractivity contribution is -0.296. The summed E-state index contributed by atoms with van der Waals surface area (Å²) in [5.74, 6) is -5.08. The third-order valence-electron chi connectivity index (χ3n) is 2.64. The van der Waals surface area contributed by atoms with Gasteiger partial charge in [0.1, 0.15) is 6.61 Å². The molecule has 0 aromatic carbocycles. The van der Waals surface area contributed by atoms with E-state index in [-0.39, 0.29) is 11.1 Å². The molecule has 132 valence electrons. The average molecular weight is 406 g/mol. The lowest BCUT2D eigenvalue weighted by Crippen LogP contribution is -2.41. The zero-order chi connectivity index (χ0) is 18.3. The van der Waals surface area contributed by atoms with E-state index in [4.69, 9.17) is 0 Å². The third kappa shape index (κ3) is 7.76. The van der Waals surface area contributed by atoms with Crippen LogP contribution in [0.25, 0.3) is 0 Å². The lowest BCUT2D eigenvalue weighted by Gasteiger charge is -2.21. The summed E-state index contributed by atoms with van der Waals surface area (Å²) in [4.78, 5) is 12.8. The Hall–Kier alpha value is -1.18. The van der Waals surface area contributed by atoms with Crippen LogP contribution in [0.4, 0.5) is 22.0 Å². The quantitative estimate of drug-likeness (QED) is 0.202. The zero-order valence-electron chi connectivity index (χ0n) is 12.8. The Morgan fingerprint density at radius 1 is 1.26 bits per heavy atom. The zero-order valence-corrected chi connectivity index (χ0v) is 14.4. The molecule has 0 saturated heterocycles. The van der Waals surface area contributed by atoms with Crippen molar-refractivity contribution in [1.29, 1.82) is 0 Å². The van der Waals surface area contributed by atoms with Gasteiger partial charge in [-0.25, -0.2) is 0 Å². The first-order valence-corrected chi connectivity index (χ1v) is 7.45. The van der Waals surface area contributed by atoms with Gasteiger partial charge in [0.05, 0.1) is 11.9 Å². The van der Waals surface area contributed by atoms with E-state index >= 15 is 0 Å². The van der Waals surface area contributed by atoms with Gasteiger partial charge in [-0.1, -0.05) is 15.9 Å². The molecule has 0 aliphatic heterocycles. The van der Waals surface area contributed by atoms with Crippen molar-refractivity contribution in [3.05, 3.63) is 29.2 Å². The molecule has 0 radical (unpaired) electrons. The fourth-order valence-corrected chi connectivity index (χ4v) is 1.56. The second-order valence-electron chi connectivity index (χ2n) is 4.74. The Bertz CT molecular complexity index is 506. The number of alkyl halides is 6. The minimum absolute atomic E-state index is 0.138. The molecule has 0 atom stereocenters. The van der Waals surface area contributed by atoms with E-state index < -0.39 is 25.3 Å². The molecule has 0 saturated carbocycles. The number of carbonyl (C=O) groups is 1. The molecule has 0 aliphatic carbocycles. The summed E-state index contributed by atoms with van der Waals surface area (Å²) in [6.07, 6.45) is -2.86. The average Bonchev–Trinajstić information content (AvgIpc) is 2.42. The van der Waals surface area contributed by atoms with Crippen LogP contribution in [0.15, 0.2) is 29.2 Å². The highest BCUT2D eigenvalue weighted by atomic mass is 79.9. The van der Waals surface area contributed by atoms with Gasteiger partial charge in [0.2, 0.25) is 0 Å². The van der Waals surface area contributed by atoms with E-state index in [1.54, 1.807) is 21.0 Å². The van der Waals surface area contributed by atoms with E-state index in [0.717, 1.165) is 0 Å². The molecule has 3 nitrogen and oxygen atoms in total. The van der Waals surface area contributed by atoms with Crippen molar-refractivity contribution in [2.24, 2.45) is 0 Å². The Balaban J connectivity index is 4.88. The smallest absolute Gasteiger partial charge is 0.379 e. The van der Waals surface area contributed by atoms with Gasteiger partial charge in [-0.3, -0.25) is 4.79 Å². The van der Waals surface area contributed by atoms with Gasteiger partial charge < -0.3 is 9.64 Å². The van der Waals surface area contributed by atoms with Crippen LogP contribution < -0.4 is 0 Å². The fraction of sp³-hybridized carbons (Fsp3) is 0.571. The number of ketones is 1. The number of likely N-dealkylation sites (N-methyl/N-ethyl adjacent to an activating group) is 1. The SMILES string of the molecule is CC(=C=C/C=C(/COCC(F)(F)C(F)(F)F)N(C)C)C(=O)CBr. The Morgan fingerprint density at radius 3 is 2.26 bits per heavy atom. The van der Waals surface area contributed by atoms with E-state index in [1.807, 2.05) is 0 Å². The number of halogens is 6. The van der Waals surface area contributed by atoms with E-state index in [2.05, 4.69) is 26.4 Å². The van der Waals surface area contributed by atoms with Crippen molar-refractivity contribution in [3.8, 4) is 0 Å². The van der Waals surface area contributed by atoms with Gasteiger partial charge in [-0.05, 0) is 19.1 Å². The summed E-state index contributed by atoms with van der Waals surface area (Å²) in [5, 5.41) is 0.138. The number of nitrogens with zero attached hydrogens (tertiary/aromatic N) is 1. The van der Waals surface area contributed by atoms with Crippen LogP contribution in [-0.4, -0.2) is 55.4 Å². The first-order valence-electron chi connectivity index (χ1n) is 6.33. The summed E-state index contributed by atoms with van der Waals surface area (Å²) >= 11 is 3.00. The number of rotatable bonds is 8. The number of hydrogen-bond donors (Lipinski definition) is 0. The Labute approximate surface area is 139 Å². The molecule has 0 N–H and O–H groups in total. The summed E-state index contributed by atoms with van der Waals surface area (Å²) in [5.41, 5.74) is 3.37. The second-order valence-corrected chi connectivity index (χ2v) is 5.30. The number of Topliss-reactive ketones (excluding diaryl/α,β-unsaturated/α-hetero) is 1. The van der Waals surface area contributed by atoms with Crippen LogP contribution in [-0.2, 0) is 9.53 Å². The Morgan fingerprint density at radius 2 is 1.83 bits per heavy atom. The molecular formula is C14H17BrF5NO2. The number of allylic oxidation sites excluding steroid dienone is 2. The van der Waals surface area contributed by atoms with Crippen molar-refractivity contribution in [3.63, 3.8) is 0 Å². The van der Waals surface area contributed by atoms with Gasteiger partial charge in [-0.15, -0.1) is 5.73 Å². The van der Waals surface area contributed by atoms with Gasteiger partial charge in [0.25, 0.3) is 0 Å². The number of carbonyl (C=O) groups excluding carboxylic acids is 1. The molecule has 9 heteroatoms. The number of hydrogen-bond acceptors (Lipinski definition) is 3. The molecule has 0 rings (SSSR count). The predicted octanol–water partition coefficient (Wildman–Crippen LogP) is 3.71. The van der Waals surface area contributed by atoms with E-state index in [1.165, 1.54) is 17.1 Å². The molecule has 0 spiro atoms. The maximum absolute atomic E-state index is 12.7. The molecule has 0 aromatic heterocycles. The lowest BCUT2D eigenvalue weighted by atomic mass is 10.2. The monoisotopic (exact) mass is 405 g/mol. The highest BCUT2D eigenvalue weighted by Gasteiger charge is 2.57. The summed E-state index contributed by atoms with van der Waals surface area (Å²) in [6.45, 7) is -0.658. The molecule has 0 amide bonds. The van der Waals surface area contributed by atoms with Crippen LogP contribution in [0, 0.1) is 0 Å². The summed E-state index contributed by atoms with van der Waals surface area (Å²) in [7, 11) is 3.15. The van der Waals surface area contributed by atoms with Crippen molar-refractivity contribution < 1.29 is 31.5 Å². The van der Waals surface area contributed by atoms with Gasteiger partial charge in [0, 0.05) is 25.4 Å². The van der Waals surface area contributed by atoms with Crippen molar-refractivity contribution in [2.45, 2.75) is 19.0 Å². The molecular weight excluding hydrogens is 389 g/mol. The van der Waals surface area contributed by atoms with Crippen LogP contribution in [0.2, 0.25) is 0 Å². The molecule has 0 aromatic rings. The summed E-state index contributed by atoms with van der Waals surface area (Å²) < 4.78 is 65.9. The van der Waals surface area contributed by atoms with Crippen molar-refractivity contribution in [2.75, 3.05) is 32.6 Å². The highest BCUT2D eigenvalue weighted by molar-refractivity contribution is 9.09. The van der Waals surface area contributed by atoms with E-state index in [9.17, 15) is 26.7 Å². The standard InChI is InChI=1S/C14H17BrF5NO2/c1-10(12(22)7-15)5-4-6-11(21(2)3)8-23-9-13(16,17)14(18,19)20/h4,6H,7-9H2,1-3H3/b11-6-. The minimum atomic E-state index is -5.65. The maximum Gasteiger partial charge on any atom is 0.455 e. The van der Waals surface area contributed by atoms with Crippen LogP contribution in [0.3, 0.4) is 0 Å². The van der Waals surface area contributed by atoms with Crippen molar-refractivity contribution >= 4 is 21.7 Å². The topological polar surface area (TPSA) is 29.5 Å². The van der Waals surface area contributed by atoms with Crippen LogP contribution >= 0.6 is 15.9 Å². The first kappa shape index (κ1) is 21.8. The van der Waals surface area contributed by atoms with Crippen molar-refractivity contribution in [1.82, 2.24) is 4.90 Å². The predicted molar refractivity (Wildman–Crippen MR) is 79.7 cm³/mol. The van der Waals surface area contributed by atoms with Gasteiger partial charge in [0.15, 0.2) is 5.78 Å². The number of ether oxygens (including phenoxy) is 1.